The summed E-state index contributed by atoms with van der Waals surface area (Å²) in [7, 11) is 3.83. The maximum Gasteiger partial charge on any atom is 0.222 e. The largest absolute Gasteiger partial charge is 0.359 e. The van der Waals surface area contributed by atoms with E-state index in [0.717, 1.165) is 19.4 Å². The van der Waals surface area contributed by atoms with E-state index in [9.17, 15) is 4.79 Å². The molecule has 0 aliphatic carbocycles. The number of likely N-dealkylation sites (tertiary alicyclic amines) is 1. The second-order valence-electron chi connectivity index (χ2n) is 3.67. The summed E-state index contributed by atoms with van der Waals surface area (Å²) >= 11 is 0. The third-order valence-corrected chi connectivity index (χ3v) is 2.83. The van der Waals surface area contributed by atoms with E-state index in [1.807, 2.05) is 0 Å². The molecule has 0 saturated carbocycles. The molecule has 0 aromatic heterocycles. The van der Waals surface area contributed by atoms with Crippen molar-refractivity contribution in [1.29, 1.82) is 0 Å². The van der Waals surface area contributed by atoms with E-state index < -0.39 is 0 Å². The highest BCUT2D eigenvalue weighted by molar-refractivity contribution is 5.78. The van der Waals surface area contributed by atoms with Gasteiger partial charge < -0.3 is 10.2 Å². The number of amides is 1. The predicted molar refractivity (Wildman–Crippen MR) is 48.9 cm³/mol. The molecule has 1 rings (SSSR count). The second-order valence-corrected chi connectivity index (χ2v) is 3.67. The van der Waals surface area contributed by atoms with Crippen molar-refractivity contribution in [1.82, 2.24) is 10.2 Å². The van der Waals surface area contributed by atoms with E-state index in [2.05, 4.69) is 24.2 Å². The zero-order valence-electron chi connectivity index (χ0n) is 8.13. The number of nitrogens with zero attached hydrogens (tertiary/aromatic N) is 1. The molecule has 0 radical (unpaired) electrons. The van der Waals surface area contributed by atoms with Gasteiger partial charge in [0, 0.05) is 19.0 Å². The summed E-state index contributed by atoms with van der Waals surface area (Å²) in [5, 5.41) is 2.71. The Morgan fingerprint density at radius 1 is 1.58 bits per heavy atom. The van der Waals surface area contributed by atoms with Crippen molar-refractivity contribution in [2.45, 2.75) is 25.8 Å². The Hall–Kier alpha value is -0.570. The van der Waals surface area contributed by atoms with Crippen molar-refractivity contribution in [3.63, 3.8) is 0 Å². The van der Waals surface area contributed by atoms with Gasteiger partial charge in [0.15, 0.2) is 0 Å². The van der Waals surface area contributed by atoms with Crippen LogP contribution in [0.25, 0.3) is 0 Å². The normalized spacial score (nSPS) is 31.6. The first kappa shape index (κ1) is 9.52. The smallest absolute Gasteiger partial charge is 0.222 e. The molecule has 1 aliphatic rings. The average Bonchev–Trinajstić information content (AvgIpc) is 2.08. The summed E-state index contributed by atoms with van der Waals surface area (Å²) in [6.45, 7) is 3.22. The quantitative estimate of drug-likeness (QED) is 0.620. The standard InChI is InChI=1S/C9H18N2O/c1-7-6-8(9(12)10-2)4-5-11(7)3/h7-8H,4-6H2,1-3H3,(H,10,12)/t7-,8-/m0/s1. The van der Waals surface area contributed by atoms with Gasteiger partial charge in [-0.1, -0.05) is 0 Å². The number of carbonyl (C=O) groups excluding carboxylic acids is 1. The molecule has 1 N–H and O–H groups in total. The lowest BCUT2D eigenvalue weighted by Gasteiger charge is -2.33. The van der Waals surface area contributed by atoms with Gasteiger partial charge in [0.05, 0.1) is 0 Å². The third kappa shape index (κ3) is 1.97. The first-order chi connectivity index (χ1) is 5.65. The van der Waals surface area contributed by atoms with Crippen molar-refractivity contribution in [3.05, 3.63) is 0 Å². The molecule has 0 aromatic rings. The van der Waals surface area contributed by atoms with Crippen LogP contribution < -0.4 is 5.32 Å². The Balaban J connectivity index is 2.45. The molecule has 3 heteroatoms. The number of nitrogens with one attached hydrogen (secondary N) is 1. The maximum atomic E-state index is 11.3. The van der Waals surface area contributed by atoms with Crippen LogP contribution in [0.4, 0.5) is 0 Å². The van der Waals surface area contributed by atoms with Gasteiger partial charge in [-0.15, -0.1) is 0 Å². The zero-order chi connectivity index (χ0) is 9.14. The van der Waals surface area contributed by atoms with Crippen LogP contribution in [0.3, 0.4) is 0 Å². The van der Waals surface area contributed by atoms with E-state index in [0.29, 0.717) is 6.04 Å². The van der Waals surface area contributed by atoms with Gasteiger partial charge in [-0.2, -0.15) is 0 Å². The van der Waals surface area contributed by atoms with E-state index in [1.54, 1.807) is 7.05 Å². The Morgan fingerprint density at radius 3 is 2.75 bits per heavy atom. The Bertz CT molecular complexity index is 170. The Morgan fingerprint density at radius 2 is 2.25 bits per heavy atom. The van der Waals surface area contributed by atoms with Gasteiger partial charge >= 0.3 is 0 Å². The lowest BCUT2D eigenvalue weighted by molar-refractivity contribution is -0.126. The summed E-state index contributed by atoms with van der Waals surface area (Å²) in [5.41, 5.74) is 0. The SMILES string of the molecule is CNC(=O)[C@H]1CCN(C)[C@@H](C)C1. The zero-order valence-corrected chi connectivity index (χ0v) is 8.13. The molecule has 1 saturated heterocycles. The van der Waals surface area contributed by atoms with Crippen molar-refractivity contribution in [3.8, 4) is 0 Å². The highest BCUT2D eigenvalue weighted by Crippen LogP contribution is 2.21. The fourth-order valence-electron chi connectivity index (χ4n) is 1.73. The topological polar surface area (TPSA) is 32.3 Å². The van der Waals surface area contributed by atoms with E-state index in [4.69, 9.17) is 0 Å². The fraction of sp³-hybridized carbons (Fsp3) is 0.889. The van der Waals surface area contributed by atoms with Crippen molar-refractivity contribution in [2.75, 3.05) is 20.6 Å². The molecule has 12 heavy (non-hydrogen) atoms. The van der Waals surface area contributed by atoms with Crippen LogP contribution in [0.5, 0.6) is 0 Å². The van der Waals surface area contributed by atoms with Crippen molar-refractivity contribution < 1.29 is 4.79 Å². The molecule has 1 aliphatic heterocycles. The van der Waals surface area contributed by atoms with Crippen LogP contribution >= 0.6 is 0 Å². The van der Waals surface area contributed by atoms with Crippen LogP contribution in [0.1, 0.15) is 19.8 Å². The van der Waals surface area contributed by atoms with E-state index in [1.165, 1.54) is 0 Å². The summed E-state index contributed by atoms with van der Waals surface area (Å²) in [6, 6.07) is 0.543. The van der Waals surface area contributed by atoms with Crippen LogP contribution in [0.15, 0.2) is 0 Å². The molecular weight excluding hydrogens is 152 g/mol. The molecule has 0 bridgehead atoms. The molecule has 0 aromatic carbocycles. The molecule has 70 valence electrons. The highest BCUT2D eigenvalue weighted by atomic mass is 16.1. The molecule has 1 fully saturated rings. The minimum absolute atomic E-state index is 0.204. The number of rotatable bonds is 1. The van der Waals surface area contributed by atoms with Crippen LogP contribution in [0, 0.1) is 5.92 Å². The molecular formula is C9H18N2O. The molecule has 0 unspecified atom stereocenters. The fourth-order valence-corrected chi connectivity index (χ4v) is 1.73. The van der Waals surface area contributed by atoms with Gasteiger partial charge in [-0.25, -0.2) is 0 Å². The minimum Gasteiger partial charge on any atom is -0.359 e. The lowest BCUT2D eigenvalue weighted by Crippen LogP contribution is -2.42. The van der Waals surface area contributed by atoms with E-state index >= 15 is 0 Å². The number of hydrogen-bond donors (Lipinski definition) is 1. The maximum absolute atomic E-state index is 11.3. The monoisotopic (exact) mass is 170 g/mol. The van der Waals surface area contributed by atoms with Crippen LogP contribution in [-0.2, 0) is 4.79 Å². The van der Waals surface area contributed by atoms with Gasteiger partial charge in [0.2, 0.25) is 5.91 Å². The lowest BCUT2D eigenvalue weighted by atomic mass is 9.91. The number of carbonyl (C=O) groups is 1. The molecule has 0 spiro atoms. The summed E-state index contributed by atoms with van der Waals surface area (Å²) in [4.78, 5) is 13.6. The van der Waals surface area contributed by atoms with Crippen LogP contribution in [0.2, 0.25) is 0 Å². The predicted octanol–water partition coefficient (Wildman–Crippen LogP) is 0.463. The summed E-state index contributed by atoms with van der Waals surface area (Å²) in [5.74, 6) is 0.441. The van der Waals surface area contributed by atoms with Gasteiger partial charge in [0.1, 0.15) is 0 Å². The van der Waals surface area contributed by atoms with Gasteiger partial charge in [0.25, 0.3) is 0 Å². The van der Waals surface area contributed by atoms with Crippen molar-refractivity contribution >= 4 is 5.91 Å². The Labute approximate surface area is 74.1 Å². The Kier molecular flexibility index (Phi) is 3.09. The van der Waals surface area contributed by atoms with Gasteiger partial charge in [-0.3, -0.25) is 4.79 Å². The number of hydrogen-bond acceptors (Lipinski definition) is 2. The minimum atomic E-state index is 0.204. The van der Waals surface area contributed by atoms with E-state index in [-0.39, 0.29) is 11.8 Å². The first-order valence-corrected chi connectivity index (χ1v) is 4.57. The second kappa shape index (κ2) is 3.90. The number of piperidine rings is 1. The average molecular weight is 170 g/mol. The van der Waals surface area contributed by atoms with Gasteiger partial charge in [-0.05, 0) is 33.4 Å². The molecule has 2 atom stereocenters. The van der Waals surface area contributed by atoms with Crippen LogP contribution in [-0.4, -0.2) is 37.5 Å². The van der Waals surface area contributed by atoms with Crippen molar-refractivity contribution in [2.24, 2.45) is 5.92 Å². The first-order valence-electron chi connectivity index (χ1n) is 4.57. The summed E-state index contributed by atoms with van der Waals surface area (Å²) < 4.78 is 0. The molecule has 1 heterocycles. The third-order valence-electron chi connectivity index (χ3n) is 2.83. The summed E-state index contributed by atoms with van der Waals surface area (Å²) in [6.07, 6.45) is 2.00. The highest BCUT2D eigenvalue weighted by Gasteiger charge is 2.26. The molecule has 1 amide bonds. The molecule has 3 nitrogen and oxygen atoms in total.